The monoisotopic (exact) mass is 268 g/mol. The SMILES string of the molecule is O=CC(C(=O)C(=O)Oc1ccccc1)c1ccccc1. The molecule has 0 aliphatic heterocycles. The molecule has 2 aromatic carbocycles. The third kappa shape index (κ3) is 3.17. The quantitative estimate of drug-likeness (QED) is 0.274. The highest BCUT2D eigenvalue weighted by molar-refractivity contribution is 6.39. The Labute approximate surface area is 116 Å². The van der Waals surface area contributed by atoms with Gasteiger partial charge in [0.1, 0.15) is 18.0 Å². The lowest BCUT2D eigenvalue weighted by molar-refractivity contribution is -0.148. The van der Waals surface area contributed by atoms with Gasteiger partial charge in [-0.1, -0.05) is 48.5 Å². The average Bonchev–Trinajstić information content (AvgIpc) is 2.50. The molecule has 2 rings (SSSR count). The lowest BCUT2D eigenvalue weighted by Gasteiger charge is -2.09. The predicted molar refractivity (Wildman–Crippen MR) is 72.3 cm³/mol. The number of benzene rings is 2. The Hall–Kier alpha value is -2.75. The standard InChI is InChI=1S/C16H12O4/c17-11-14(12-7-3-1-4-8-12)15(18)16(19)20-13-9-5-2-6-10-13/h1-11,14H. The van der Waals surface area contributed by atoms with Crippen molar-refractivity contribution >= 4 is 18.0 Å². The first-order valence-corrected chi connectivity index (χ1v) is 6.03. The molecular weight excluding hydrogens is 256 g/mol. The molecule has 0 fully saturated rings. The van der Waals surface area contributed by atoms with Gasteiger partial charge in [-0.2, -0.15) is 0 Å². The van der Waals surface area contributed by atoms with E-state index in [1.165, 1.54) is 0 Å². The molecule has 4 nitrogen and oxygen atoms in total. The summed E-state index contributed by atoms with van der Waals surface area (Å²) in [5, 5.41) is 0. The lowest BCUT2D eigenvalue weighted by atomic mass is 9.96. The Morgan fingerprint density at radius 3 is 2.00 bits per heavy atom. The second kappa shape index (κ2) is 6.43. The number of aldehydes is 1. The number of esters is 1. The molecule has 0 aliphatic rings. The third-order valence-corrected chi connectivity index (χ3v) is 2.73. The van der Waals surface area contributed by atoms with E-state index in [-0.39, 0.29) is 5.75 Å². The van der Waals surface area contributed by atoms with Crippen molar-refractivity contribution in [3.63, 3.8) is 0 Å². The van der Waals surface area contributed by atoms with E-state index in [4.69, 9.17) is 4.74 Å². The molecule has 0 bridgehead atoms. The molecule has 1 atom stereocenters. The zero-order chi connectivity index (χ0) is 14.4. The number of Topliss-reactive ketones (excluding diaryl/α,β-unsaturated/α-hetero) is 1. The van der Waals surface area contributed by atoms with Crippen LogP contribution in [0.15, 0.2) is 60.7 Å². The lowest BCUT2D eigenvalue weighted by Crippen LogP contribution is -2.27. The predicted octanol–water partition coefficient (Wildman–Crippen LogP) is 2.14. The van der Waals surface area contributed by atoms with Crippen LogP contribution < -0.4 is 4.74 Å². The van der Waals surface area contributed by atoms with Crippen LogP contribution >= 0.6 is 0 Å². The Morgan fingerprint density at radius 2 is 1.45 bits per heavy atom. The van der Waals surface area contributed by atoms with Crippen LogP contribution in [0.3, 0.4) is 0 Å². The van der Waals surface area contributed by atoms with Gasteiger partial charge in [0.25, 0.3) is 5.78 Å². The van der Waals surface area contributed by atoms with E-state index < -0.39 is 17.7 Å². The highest BCUT2D eigenvalue weighted by atomic mass is 16.5. The maximum absolute atomic E-state index is 12.0. The van der Waals surface area contributed by atoms with Crippen LogP contribution in [0.5, 0.6) is 5.75 Å². The van der Waals surface area contributed by atoms with Crippen LogP contribution in [0, 0.1) is 0 Å². The topological polar surface area (TPSA) is 60.4 Å². The maximum Gasteiger partial charge on any atom is 0.381 e. The van der Waals surface area contributed by atoms with E-state index in [1.54, 1.807) is 60.7 Å². The van der Waals surface area contributed by atoms with Crippen LogP contribution in [-0.4, -0.2) is 18.0 Å². The van der Waals surface area contributed by atoms with Crippen molar-refractivity contribution in [3.8, 4) is 5.75 Å². The first kappa shape index (κ1) is 13.7. The molecule has 0 aliphatic carbocycles. The van der Waals surface area contributed by atoms with E-state index in [0.29, 0.717) is 11.8 Å². The van der Waals surface area contributed by atoms with Gasteiger partial charge < -0.3 is 9.53 Å². The van der Waals surface area contributed by atoms with Crippen molar-refractivity contribution in [2.24, 2.45) is 0 Å². The molecule has 0 saturated carbocycles. The third-order valence-electron chi connectivity index (χ3n) is 2.73. The summed E-state index contributed by atoms with van der Waals surface area (Å²) in [6.45, 7) is 0. The molecule has 2 aromatic rings. The molecule has 0 aromatic heterocycles. The molecule has 100 valence electrons. The molecule has 0 N–H and O–H groups in total. The first-order valence-electron chi connectivity index (χ1n) is 6.03. The normalized spacial score (nSPS) is 11.4. The number of ether oxygens (including phenoxy) is 1. The van der Waals surface area contributed by atoms with Gasteiger partial charge in [0.05, 0.1) is 0 Å². The van der Waals surface area contributed by atoms with Crippen molar-refractivity contribution in [2.45, 2.75) is 5.92 Å². The minimum Gasteiger partial charge on any atom is -0.421 e. The molecule has 0 saturated heterocycles. The summed E-state index contributed by atoms with van der Waals surface area (Å²) in [6, 6.07) is 16.6. The minimum absolute atomic E-state index is 0.267. The number of hydrogen-bond acceptors (Lipinski definition) is 4. The van der Waals surface area contributed by atoms with Gasteiger partial charge in [-0.15, -0.1) is 0 Å². The van der Waals surface area contributed by atoms with Crippen molar-refractivity contribution in [2.75, 3.05) is 0 Å². The molecule has 0 spiro atoms. The minimum atomic E-state index is -1.13. The summed E-state index contributed by atoms with van der Waals surface area (Å²) in [6.07, 6.45) is 0.448. The Morgan fingerprint density at radius 1 is 0.900 bits per heavy atom. The molecular formula is C16H12O4. The number of carbonyl (C=O) groups excluding carboxylic acids is 3. The number of rotatable bonds is 5. The number of ketones is 1. The van der Waals surface area contributed by atoms with E-state index in [1.807, 2.05) is 0 Å². The number of carbonyl (C=O) groups is 3. The maximum atomic E-state index is 12.0. The summed E-state index contributed by atoms with van der Waals surface area (Å²) in [5.74, 6) is -2.79. The van der Waals surface area contributed by atoms with Gasteiger partial charge in [0, 0.05) is 0 Å². The fraction of sp³-hybridized carbons (Fsp3) is 0.0625. The summed E-state index contributed by atoms with van der Waals surface area (Å²) in [5.41, 5.74) is 0.470. The average molecular weight is 268 g/mol. The van der Waals surface area contributed by atoms with Gasteiger partial charge in [0.2, 0.25) is 0 Å². The van der Waals surface area contributed by atoms with Gasteiger partial charge in [-0.05, 0) is 17.7 Å². The molecule has 0 radical (unpaired) electrons. The van der Waals surface area contributed by atoms with Crippen molar-refractivity contribution in [1.29, 1.82) is 0 Å². The summed E-state index contributed by atoms with van der Waals surface area (Å²) in [4.78, 5) is 34.8. The largest absolute Gasteiger partial charge is 0.421 e. The van der Waals surface area contributed by atoms with Crippen LogP contribution in [-0.2, 0) is 14.4 Å². The van der Waals surface area contributed by atoms with Gasteiger partial charge in [0.15, 0.2) is 0 Å². The zero-order valence-corrected chi connectivity index (χ0v) is 10.6. The molecule has 20 heavy (non-hydrogen) atoms. The summed E-state index contributed by atoms with van der Waals surface area (Å²) in [7, 11) is 0. The van der Waals surface area contributed by atoms with E-state index >= 15 is 0 Å². The van der Waals surface area contributed by atoms with Crippen molar-refractivity contribution in [1.82, 2.24) is 0 Å². The van der Waals surface area contributed by atoms with E-state index in [9.17, 15) is 14.4 Å². The Bertz CT molecular complexity index is 605. The van der Waals surface area contributed by atoms with Gasteiger partial charge in [-0.25, -0.2) is 4.79 Å². The number of para-hydroxylation sites is 1. The number of hydrogen-bond donors (Lipinski definition) is 0. The van der Waals surface area contributed by atoms with E-state index in [2.05, 4.69) is 0 Å². The van der Waals surface area contributed by atoms with Crippen LogP contribution in [0.25, 0.3) is 0 Å². The van der Waals surface area contributed by atoms with Gasteiger partial charge >= 0.3 is 5.97 Å². The second-order valence-electron chi connectivity index (χ2n) is 4.09. The Balaban J connectivity index is 2.13. The Kier molecular flexibility index (Phi) is 4.39. The first-order chi connectivity index (χ1) is 9.72. The fourth-order valence-corrected chi connectivity index (χ4v) is 1.72. The molecule has 1 unspecified atom stereocenters. The van der Waals surface area contributed by atoms with Crippen molar-refractivity contribution < 1.29 is 19.1 Å². The van der Waals surface area contributed by atoms with Crippen LogP contribution in [0.4, 0.5) is 0 Å². The molecule has 4 heteroatoms. The van der Waals surface area contributed by atoms with Crippen LogP contribution in [0.2, 0.25) is 0 Å². The fourth-order valence-electron chi connectivity index (χ4n) is 1.72. The highest BCUT2D eigenvalue weighted by Gasteiger charge is 2.28. The van der Waals surface area contributed by atoms with Gasteiger partial charge in [-0.3, -0.25) is 4.79 Å². The zero-order valence-electron chi connectivity index (χ0n) is 10.6. The highest BCUT2D eigenvalue weighted by Crippen LogP contribution is 2.16. The van der Waals surface area contributed by atoms with Crippen molar-refractivity contribution in [3.05, 3.63) is 66.2 Å². The summed E-state index contributed by atoms with van der Waals surface area (Å²) >= 11 is 0. The second-order valence-corrected chi connectivity index (χ2v) is 4.09. The van der Waals surface area contributed by atoms with E-state index in [0.717, 1.165) is 0 Å². The summed E-state index contributed by atoms with van der Waals surface area (Å²) < 4.78 is 4.93. The van der Waals surface area contributed by atoms with Crippen LogP contribution in [0.1, 0.15) is 11.5 Å². The molecule has 0 heterocycles. The molecule has 0 amide bonds. The smallest absolute Gasteiger partial charge is 0.381 e.